The molecule has 0 aromatic heterocycles. The number of aromatic carboxylic acids is 1. The van der Waals surface area contributed by atoms with Crippen molar-refractivity contribution >= 4 is 17.7 Å². The maximum atomic E-state index is 11.3. The summed E-state index contributed by atoms with van der Waals surface area (Å²) in [5.41, 5.74) is 1.76. The normalized spacial score (nSPS) is 9.84. The zero-order chi connectivity index (χ0) is 14.4. The molecule has 6 heteroatoms. The third-order valence-corrected chi connectivity index (χ3v) is 2.53. The van der Waals surface area contributed by atoms with Crippen molar-refractivity contribution in [3.05, 3.63) is 29.3 Å². The van der Waals surface area contributed by atoms with Gasteiger partial charge in [-0.3, -0.25) is 0 Å². The molecule has 0 bridgehead atoms. The smallest absolute Gasteiger partial charge is 0.337 e. The van der Waals surface area contributed by atoms with E-state index in [0.717, 1.165) is 5.56 Å². The minimum absolute atomic E-state index is 0.176. The van der Waals surface area contributed by atoms with Crippen molar-refractivity contribution in [2.24, 2.45) is 0 Å². The maximum absolute atomic E-state index is 11.3. The number of hydrogen-bond acceptors (Lipinski definition) is 3. The van der Waals surface area contributed by atoms with Gasteiger partial charge in [-0.1, -0.05) is 6.07 Å². The van der Waals surface area contributed by atoms with Gasteiger partial charge in [-0.15, -0.1) is 0 Å². The fourth-order valence-electron chi connectivity index (χ4n) is 1.52. The Morgan fingerprint density at radius 3 is 2.53 bits per heavy atom. The first-order valence-corrected chi connectivity index (χ1v) is 5.95. The largest absolute Gasteiger partial charge is 0.478 e. The molecule has 0 atom stereocenters. The Morgan fingerprint density at radius 1 is 1.26 bits per heavy atom. The van der Waals surface area contributed by atoms with E-state index in [1.54, 1.807) is 32.3 Å². The number of amides is 2. The number of carbonyl (C=O) groups is 2. The van der Waals surface area contributed by atoms with Gasteiger partial charge in [0.05, 0.1) is 5.56 Å². The first-order valence-electron chi connectivity index (χ1n) is 5.95. The van der Waals surface area contributed by atoms with E-state index < -0.39 is 5.97 Å². The van der Waals surface area contributed by atoms with Crippen LogP contribution < -0.4 is 10.6 Å². The second kappa shape index (κ2) is 6.63. The van der Waals surface area contributed by atoms with E-state index in [1.807, 2.05) is 6.92 Å². The van der Waals surface area contributed by atoms with E-state index in [0.29, 0.717) is 18.8 Å². The van der Waals surface area contributed by atoms with E-state index in [9.17, 15) is 9.59 Å². The zero-order valence-corrected chi connectivity index (χ0v) is 11.4. The Kier molecular flexibility index (Phi) is 5.17. The average Bonchev–Trinajstić information content (AvgIpc) is 2.33. The van der Waals surface area contributed by atoms with Crippen LogP contribution in [0.25, 0.3) is 0 Å². The summed E-state index contributed by atoms with van der Waals surface area (Å²) in [6.45, 7) is 2.78. The Balaban J connectivity index is 2.55. The molecule has 0 aliphatic heterocycles. The Morgan fingerprint density at radius 2 is 1.95 bits per heavy atom. The van der Waals surface area contributed by atoms with Gasteiger partial charge in [-0.2, -0.15) is 0 Å². The number of benzene rings is 1. The number of nitrogens with one attached hydrogen (secondary N) is 2. The van der Waals surface area contributed by atoms with Gasteiger partial charge >= 0.3 is 12.0 Å². The first-order chi connectivity index (χ1) is 8.91. The molecule has 19 heavy (non-hydrogen) atoms. The van der Waals surface area contributed by atoms with Crippen molar-refractivity contribution in [3.63, 3.8) is 0 Å². The van der Waals surface area contributed by atoms with Crippen molar-refractivity contribution in [2.75, 3.05) is 32.5 Å². The quantitative estimate of drug-likeness (QED) is 0.702. The molecule has 0 heterocycles. The van der Waals surface area contributed by atoms with Gasteiger partial charge < -0.3 is 20.6 Å². The number of rotatable bonds is 5. The molecule has 0 aliphatic rings. The Labute approximate surface area is 112 Å². The molecule has 0 unspecified atom stereocenters. The molecule has 0 saturated heterocycles. The van der Waals surface area contributed by atoms with E-state index in [4.69, 9.17) is 5.11 Å². The molecule has 1 aromatic carbocycles. The second-order valence-electron chi connectivity index (χ2n) is 4.41. The first kappa shape index (κ1) is 14.8. The number of urea groups is 1. The Hall–Kier alpha value is -2.24. The van der Waals surface area contributed by atoms with E-state index in [2.05, 4.69) is 10.6 Å². The Bertz CT molecular complexity index is 472. The van der Waals surface area contributed by atoms with Crippen LogP contribution in [-0.2, 0) is 0 Å². The molecule has 104 valence electrons. The number of nitrogens with zero attached hydrogens (tertiary/aromatic N) is 1. The molecular weight excluding hydrogens is 246 g/mol. The van der Waals surface area contributed by atoms with Gasteiger partial charge in [0.25, 0.3) is 0 Å². The third-order valence-electron chi connectivity index (χ3n) is 2.53. The lowest BCUT2D eigenvalue weighted by atomic mass is 10.1. The predicted octanol–water partition coefficient (Wildman–Crippen LogP) is 1.38. The fourth-order valence-corrected chi connectivity index (χ4v) is 1.52. The highest BCUT2D eigenvalue weighted by Gasteiger charge is 2.09. The van der Waals surface area contributed by atoms with Crippen molar-refractivity contribution in [3.8, 4) is 0 Å². The lowest BCUT2D eigenvalue weighted by molar-refractivity contribution is 0.0698. The van der Waals surface area contributed by atoms with Gasteiger partial charge in [-0.25, -0.2) is 9.59 Å². The maximum Gasteiger partial charge on any atom is 0.337 e. The van der Waals surface area contributed by atoms with Gasteiger partial charge in [0.1, 0.15) is 0 Å². The molecule has 0 fully saturated rings. The van der Waals surface area contributed by atoms with Crippen LogP contribution in [0.4, 0.5) is 10.5 Å². The van der Waals surface area contributed by atoms with Crippen LogP contribution in [0.1, 0.15) is 15.9 Å². The predicted molar refractivity (Wildman–Crippen MR) is 73.7 cm³/mol. The van der Waals surface area contributed by atoms with Crippen LogP contribution in [0.15, 0.2) is 18.2 Å². The molecule has 1 rings (SSSR count). The molecule has 1 aromatic rings. The summed E-state index contributed by atoms with van der Waals surface area (Å²) >= 11 is 0. The number of hydrogen-bond donors (Lipinski definition) is 3. The van der Waals surface area contributed by atoms with Gasteiger partial charge in [-0.05, 0) is 24.6 Å². The number of aryl methyl sites for hydroxylation is 1. The van der Waals surface area contributed by atoms with E-state index >= 15 is 0 Å². The topological polar surface area (TPSA) is 81.7 Å². The van der Waals surface area contributed by atoms with Crippen LogP contribution in [0.3, 0.4) is 0 Å². The summed E-state index contributed by atoms with van der Waals surface area (Å²) in [5, 5.41) is 14.8. The minimum atomic E-state index is -0.972. The summed E-state index contributed by atoms with van der Waals surface area (Å²) in [5.74, 6) is -0.972. The average molecular weight is 265 g/mol. The molecular formula is C13H19N3O3. The third kappa shape index (κ3) is 4.50. The molecule has 0 spiro atoms. The number of anilines is 1. The van der Waals surface area contributed by atoms with Crippen LogP contribution in [0, 0.1) is 6.92 Å². The molecule has 6 nitrogen and oxygen atoms in total. The molecule has 0 aliphatic carbocycles. The van der Waals surface area contributed by atoms with Crippen LogP contribution in [-0.4, -0.2) is 49.2 Å². The second-order valence-corrected chi connectivity index (χ2v) is 4.41. The molecule has 2 amide bonds. The summed E-state index contributed by atoms with van der Waals surface area (Å²) in [4.78, 5) is 23.8. The van der Waals surface area contributed by atoms with Crippen molar-refractivity contribution in [1.82, 2.24) is 10.2 Å². The summed E-state index contributed by atoms with van der Waals surface area (Å²) in [7, 11) is 3.32. The van der Waals surface area contributed by atoms with Crippen LogP contribution in [0.5, 0.6) is 0 Å². The number of carboxylic acid groups (broad SMARTS) is 1. The van der Waals surface area contributed by atoms with Crippen molar-refractivity contribution in [1.29, 1.82) is 0 Å². The molecule has 0 saturated carbocycles. The zero-order valence-electron chi connectivity index (χ0n) is 11.4. The minimum Gasteiger partial charge on any atom is -0.478 e. The van der Waals surface area contributed by atoms with Gasteiger partial charge in [0, 0.05) is 32.9 Å². The number of carboxylic acids is 1. The standard InChI is InChI=1S/C13H19N3O3/c1-9-4-5-10(12(17)18)11(8-9)14-6-7-15-13(19)16(2)3/h4-5,8,14H,6-7H2,1-3H3,(H,15,19)(H,17,18). The lowest BCUT2D eigenvalue weighted by Crippen LogP contribution is -2.37. The molecule has 3 N–H and O–H groups in total. The van der Waals surface area contributed by atoms with Crippen molar-refractivity contribution in [2.45, 2.75) is 6.92 Å². The monoisotopic (exact) mass is 265 g/mol. The highest BCUT2D eigenvalue weighted by molar-refractivity contribution is 5.94. The van der Waals surface area contributed by atoms with E-state index in [-0.39, 0.29) is 11.6 Å². The SMILES string of the molecule is Cc1ccc(C(=O)O)c(NCCNC(=O)N(C)C)c1. The highest BCUT2D eigenvalue weighted by atomic mass is 16.4. The van der Waals surface area contributed by atoms with Gasteiger partial charge in [0.2, 0.25) is 0 Å². The summed E-state index contributed by atoms with van der Waals surface area (Å²) < 4.78 is 0. The number of carbonyl (C=O) groups excluding carboxylic acids is 1. The fraction of sp³-hybridized carbons (Fsp3) is 0.385. The van der Waals surface area contributed by atoms with Gasteiger partial charge in [0.15, 0.2) is 0 Å². The van der Waals surface area contributed by atoms with E-state index in [1.165, 1.54) is 4.90 Å². The van der Waals surface area contributed by atoms with Crippen molar-refractivity contribution < 1.29 is 14.7 Å². The molecule has 0 radical (unpaired) electrons. The summed E-state index contributed by atoms with van der Waals surface area (Å²) in [6, 6.07) is 4.92. The summed E-state index contributed by atoms with van der Waals surface area (Å²) in [6.07, 6.45) is 0. The van der Waals surface area contributed by atoms with Crippen LogP contribution in [0.2, 0.25) is 0 Å². The highest BCUT2D eigenvalue weighted by Crippen LogP contribution is 2.17. The lowest BCUT2D eigenvalue weighted by Gasteiger charge is -2.14. The van der Waals surface area contributed by atoms with Crippen LogP contribution >= 0.6 is 0 Å².